The standard InChI is InChI=1S/C18H20N6O/c1-13-11-16(17(25)21-15-5-3-14(12-19)4-6-15)22-18(20-13)24-9-7-23(2)8-10-24/h3-6,11H,7-10H2,1-2H3,(H,21,25). The smallest absolute Gasteiger partial charge is 0.274 e. The largest absolute Gasteiger partial charge is 0.338 e. The van der Waals surface area contributed by atoms with Crippen LogP contribution in [0.1, 0.15) is 21.7 Å². The normalized spacial score (nSPS) is 14.8. The first-order chi connectivity index (χ1) is 12.0. The Morgan fingerprint density at radius 2 is 1.84 bits per heavy atom. The Kier molecular flexibility index (Phi) is 4.91. The topological polar surface area (TPSA) is 85.1 Å². The van der Waals surface area contributed by atoms with E-state index in [4.69, 9.17) is 5.26 Å². The van der Waals surface area contributed by atoms with E-state index in [2.05, 4.69) is 38.2 Å². The first-order valence-corrected chi connectivity index (χ1v) is 8.16. The number of nitrogens with zero attached hydrogens (tertiary/aromatic N) is 5. The lowest BCUT2D eigenvalue weighted by molar-refractivity contribution is 0.102. The van der Waals surface area contributed by atoms with Crippen LogP contribution in [0.5, 0.6) is 0 Å². The molecule has 0 radical (unpaired) electrons. The minimum atomic E-state index is -0.286. The van der Waals surface area contributed by atoms with Gasteiger partial charge in [0.15, 0.2) is 0 Å². The fourth-order valence-corrected chi connectivity index (χ4v) is 2.64. The molecule has 0 saturated carbocycles. The van der Waals surface area contributed by atoms with Crippen molar-refractivity contribution in [1.82, 2.24) is 14.9 Å². The molecule has 1 amide bonds. The molecule has 1 aliphatic rings. The van der Waals surface area contributed by atoms with Gasteiger partial charge in [-0.2, -0.15) is 5.26 Å². The van der Waals surface area contributed by atoms with Crippen LogP contribution in [0.2, 0.25) is 0 Å². The second-order valence-corrected chi connectivity index (χ2v) is 6.13. The number of hydrogen-bond acceptors (Lipinski definition) is 6. The summed E-state index contributed by atoms with van der Waals surface area (Å²) in [6.07, 6.45) is 0. The lowest BCUT2D eigenvalue weighted by Gasteiger charge is -2.32. The van der Waals surface area contributed by atoms with Gasteiger partial charge in [0.25, 0.3) is 5.91 Å². The van der Waals surface area contributed by atoms with Gasteiger partial charge in [-0.05, 0) is 44.3 Å². The third-order valence-electron chi connectivity index (χ3n) is 4.13. The molecule has 1 aliphatic heterocycles. The highest BCUT2D eigenvalue weighted by molar-refractivity contribution is 6.03. The summed E-state index contributed by atoms with van der Waals surface area (Å²) in [4.78, 5) is 25.8. The number of nitrogens with one attached hydrogen (secondary N) is 1. The molecule has 0 bridgehead atoms. The zero-order valence-electron chi connectivity index (χ0n) is 14.4. The van der Waals surface area contributed by atoms with E-state index in [9.17, 15) is 4.79 Å². The number of rotatable bonds is 3. The van der Waals surface area contributed by atoms with Crippen molar-refractivity contribution in [3.63, 3.8) is 0 Å². The first kappa shape index (κ1) is 16.9. The lowest BCUT2D eigenvalue weighted by atomic mass is 10.2. The molecule has 25 heavy (non-hydrogen) atoms. The first-order valence-electron chi connectivity index (χ1n) is 8.16. The molecule has 7 nitrogen and oxygen atoms in total. The Morgan fingerprint density at radius 1 is 1.16 bits per heavy atom. The number of likely N-dealkylation sites (N-methyl/N-ethyl adjacent to an activating group) is 1. The van der Waals surface area contributed by atoms with Crippen molar-refractivity contribution in [2.45, 2.75) is 6.92 Å². The Labute approximate surface area is 146 Å². The fourth-order valence-electron chi connectivity index (χ4n) is 2.64. The van der Waals surface area contributed by atoms with Gasteiger partial charge in [-0.3, -0.25) is 4.79 Å². The maximum absolute atomic E-state index is 12.5. The third kappa shape index (κ3) is 4.11. The Morgan fingerprint density at radius 3 is 2.48 bits per heavy atom. The van der Waals surface area contributed by atoms with Crippen LogP contribution in [0.4, 0.5) is 11.6 Å². The summed E-state index contributed by atoms with van der Waals surface area (Å²) in [5, 5.41) is 11.6. The monoisotopic (exact) mass is 336 g/mol. The van der Waals surface area contributed by atoms with E-state index in [1.54, 1.807) is 30.3 Å². The fraction of sp³-hybridized carbons (Fsp3) is 0.333. The molecule has 1 saturated heterocycles. The number of carbonyl (C=O) groups excluding carboxylic acids is 1. The van der Waals surface area contributed by atoms with E-state index in [0.717, 1.165) is 31.9 Å². The summed E-state index contributed by atoms with van der Waals surface area (Å²) in [7, 11) is 2.09. The van der Waals surface area contributed by atoms with Crippen molar-refractivity contribution < 1.29 is 4.79 Å². The number of anilines is 2. The van der Waals surface area contributed by atoms with Crippen molar-refractivity contribution >= 4 is 17.5 Å². The molecule has 0 spiro atoms. The predicted octanol–water partition coefficient (Wildman–Crippen LogP) is 1.66. The summed E-state index contributed by atoms with van der Waals surface area (Å²) in [6, 6.07) is 10.5. The molecule has 7 heteroatoms. The van der Waals surface area contributed by atoms with Gasteiger partial charge in [0.05, 0.1) is 11.6 Å². The summed E-state index contributed by atoms with van der Waals surface area (Å²) in [6.45, 7) is 5.45. The number of aryl methyl sites for hydroxylation is 1. The number of carbonyl (C=O) groups is 1. The van der Waals surface area contributed by atoms with Crippen molar-refractivity contribution in [2.24, 2.45) is 0 Å². The maximum atomic E-state index is 12.5. The zero-order chi connectivity index (χ0) is 17.8. The minimum absolute atomic E-state index is 0.286. The minimum Gasteiger partial charge on any atom is -0.338 e. The predicted molar refractivity (Wildman–Crippen MR) is 95.6 cm³/mol. The van der Waals surface area contributed by atoms with Crippen LogP contribution < -0.4 is 10.2 Å². The number of amides is 1. The summed E-state index contributed by atoms with van der Waals surface area (Å²) in [5.74, 6) is 0.309. The number of piperazine rings is 1. The van der Waals surface area contributed by atoms with Crippen molar-refractivity contribution in [3.05, 3.63) is 47.3 Å². The van der Waals surface area contributed by atoms with Gasteiger partial charge >= 0.3 is 0 Å². The number of aromatic nitrogens is 2. The van der Waals surface area contributed by atoms with Crippen LogP contribution in [-0.2, 0) is 0 Å². The molecular weight excluding hydrogens is 316 g/mol. The van der Waals surface area contributed by atoms with Crippen LogP contribution in [0, 0.1) is 18.3 Å². The van der Waals surface area contributed by atoms with Gasteiger partial charge in [0, 0.05) is 37.6 Å². The van der Waals surface area contributed by atoms with Gasteiger partial charge in [-0.25, -0.2) is 9.97 Å². The van der Waals surface area contributed by atoms with Gasteiger partial charge in [0.1, 0.15) is 5.69 Å². The molecule has 1 fully saturated rings. The zero-order valence-corrected chi connectivity index (χ0v) is 14.4. The van der Waals surface area contributed by atoms with Gasteiger partial charge in [-0.1, -0.05) is 0 Å². The SMILES string of the molecule is Cc1cc(C(=O)Nc2ccc(C#N)cc2)nc(N2CCN(C)CC2)n1. The quantitative estimate of drug-likeness (QED) is 0.917. The molecule has 1 N–H and O–H groups in total. The highest BCUT2D eigenvalue weighted by atomic mass is 16.1. The summed E-state index contributed by atoms with van der Waals surface area (Å²) >= 11 is 0. The molecule has 2 heterocycles. The molecule has 128 valence electrons. The third-order valence-corrected chi connectivity index (χ3v) is 4.13. The van der Waals surface area contributed by atoms with Crippen molar-refractivity contribution in [2.75, 3.05) is 43.4 Å². The van der Waals surface area contributed by atoms with E-state index < -0.39 is 0 Å². The summed E-state index contributed by atoms with van der Waals surface area (Å²) in [5.41, 5.74) is 2.27. The molecule has 0 unspecified atom stereocenters. The van der Waals surface area contributed by atoms with Crippen LogP contribution in [0.15, 0.2) is 30.3 Å². The Hall–Kier alpha value is -2.98. The maximum Gasteiger partial charge on any atom is 0.274 e. The molecule has 3 rings (SSSR count). The van der Waals surface area contributed by atoms with Crippen LogP contribution in [-0.4, -0.2) is 54.0 Å². The number of hydrogen-bond donors (Lipinski definition) is 1. The molecule has 2 aromatic rings. The number of benzene rings is 1. The lowest BCUT2D eigenvalue weighted by Crippen LogP contribution is -2.45. The molecule has 0 aliphatic carbocycles. The number of nitriles is 1. The Balaban J connectivity index is 1.76. The van der Waals surface area contributed by atoms with Crippen LogP contribution >= 0.6 is 0 Å². The van der Waals surface area contributed by atoms with E-state index >= 15 is 0 Å². The van der Waals surface area contributed by atoms with Crippen LogP contribution in [0.25, 0.3) is 0 Å². The van der Waals surface area contributed by atoms with Crippen molar-refractivity contribution in [1.29, 1.82) is 5.26 Å². The van der Waals surface area contributed by atoms with E-state index in [1.807, 2.05) is 6.92 Å². The second kappa shape index (κ2) is 7.28. The van der Waals surface area contributed by atoms with Crippen molar-refractivity contribution in [3.8, 4) is 6.07 Å². The van der Waals surface area contributed by atoms with Gasteiger partial charge in [0.2, 0.25) is 5.95 Å². The second-order valence-electron chi connectivity index (χ2n) is 6.13. The van der Waals surface area contributed by atoms with E-state index in [-0.39, 0.29) is 5.91 Å². The van der Waals surface area contributed by atoms with Crippen LogP contribution in [0.3, 0.4) is 0 Å². The molecule has 0 atom stereocenters. The van der Waals surface area contributed by atoms with E-state index in [1.165, 1.54) is 0 Å². The average Bonchev–Trinajstić information content (AvgIpc) is 2.62. The highest BCUT2D eigenvalue weighted by Gasteiger charge is 2.19. The van der Waals surface area contributed by atoms with Gasteiger partial charge in [-0.15, -0.1) is 0 Å². The average molecular weight is 336 g/mol. The van der Waals surface area contributed by atoms with Gasteiger partial charge < -0.3 is 15.1 Å². The Bertz CT molecular complexity index is 803. The molecule has 1 aromatic carbocycles. The molecule has 1 aromatic heterocycles. The summed E-state index contributed by atoms with van der Waals surface area (Å²) < 4.78 is 0. The van der Waals surface area contributed by atoms with E-state index in [0.29, 0.717) is 22.9 Å². The molecular formula is C18H20N6O. The highest BCUT2D eigenvalue weighted by Crippen LogP contribution is 2.15.